The zero-order valence-electron chi connectivity index (χ0n) is 21.4. The van der Waals surface area contributed by atoms with E-state index in [9.17, 15) is 18.0 Å². The maximum Gasteiger partial charge on any atom is 0.410 e. The van der Waals surface area contributed by atoms with Gasteiger partial charge in [0, 0.05) is 24.7 Å². The first-order valence-corrected chi connectivity index (χ1v) is 14.0. The van der Waals surface area contributed by atoms with Crippen LogP contribution in [0.4, 0.5) is 4.79 Å². The van der Waals surface area contributed by atoms with Crippen LogP contribution in [0.1, 0.15) is 39.2 Å². The van der Waals surface area contributed by atoms with Gasteiger partial charge in [0.25, 0.3) is 5.56 Å². The summed E-state index contributed by atoms with van der Waals surface area (Å²) in [6, 6.07) is 12.1. The quantitative estimate of drug-likeness (QED) is 0.452. The Bertz CT molecular complexity index is 1470. The summed E-state index contributed by atoms with van der Waals surface area (Å²) in [5.41, 5.74) is 0.0429. The zero-order valence-corrected chi connectivity index (χ0v) is 22.9. The Morgan fingerprint density at radius 2 is 1.73 bits per heavy atom. The minimum absolute atomic E-state index is 0.00434. The fourth-order valence-electron chi connectivity index (χ4n) is 4.41. The number of amides is 1. The number of rotatable bonds is 5. The van der Waals surface area contributed by atoms with Gasteiger partial charge in [-0.2, -0.15) is 0 Å². The van der Waals surface area contributed by atoms with E-state index in [4.69, 9.17) is 21.1 Å². The number of benzene rings is 2. The highest BCUT2D eigenvalue weighted by Gasteiger charge is 2.35. The van der Waals surface area contributed by atoms with E-state index in [2.05, 4.69) is 0 Å². The number of aromatic nitrogens is 1. The number of carbonyl (C=O) groups excluding carboxylic acids is 1. The van der Waals surface area contributed by atoms with Gasteiger partial charge in [0.2, 0.25) is 0 Å². The third-order valence-electron chi connectivity index (χ3n) is 6.38. The smallest absolute Gasteiger partial charge is 0.410 e. The second kappa shape index (κ2) is 10.4. The molecule has 10 heteroatoms. The van der Waals surface area contributed by atoms with Gasteiger partial charge in [0.15, 0.2) is 9.84 Å². The molecule has 37 heavy (non-hydrogen) atoms. The average molecular weight is 547 g/mol. The maximum absolute atomic E-state index is 13.5. The number of fused-ring (bicyclic) bond motifs is 1. The highest BCUT2D eigenvalue weighted by molar-refractivity contribution is 7.92. The normalized spacial score (nSPS) is 15.1. The van der Waals surface area contributed by atoms with Crippen LogP contribution in [0.25, 0.3) is 10.8 Å². The van der Waals surface area contributed by atoms with Crippen LogP contribution < -0.4 is 10.3 Å². The van der Waals surface area contributed by atoms with Gasteiger partial charge in [-0.05, 0) is 74.9 Å². The van der Waals surface area contributed by atoms with E-state index >= 15 is 0 Å². The third kappa shape index (κ3) is 5.93. The largest absolute Gasteiger partial charge is 0.497 e. The third-order valence-corrected chi connectivity index (χ3v) is 9.11. The topological polar surface area (TPSA) is 94.9 Å². The SMILES string of the molecule is COc1ccc(Cn2ccc3cc(S(=O)(=O)C4CCN(C(=O)OC(C)(C)C)CC4)c(Cl)cc3c2=O)cc1. The Balaban J connectivity index is 1.55. The van der Waals surface area contributed by atoms with Gasteiger partial charge in [0.1, 0.15) is 11.4 Å². The van der Waals surface area contributed by atoms with Gasteiger partial charge in [-0.3, -0.25) is 4.79 Å². The van der Waals surface area contributed by atoms with Crippen LogP contribution in [-0.4, -0.2) is 55.0 Å². The number of methoxy groups -OCH3 is 1. The number of piperidine rings is 1. The standard InChI is InChI=1S/C27H31ClN2O6S/c1-27(2,3)36-26(32)29-13-10-21(11-14-29)37(33,34)24-15-19-9-12-30(25(31)22(19)16-23(24)28)17-18-5-7-20(35-4)8-6-18/h5-9,12,15-16,21H,10-11,13-14,17H2,1-4H3. The summed E-state index contributed by atoms with van der Waals surface area (Å²) in [5.74, 6) is 0.727. The second-order valence-corrected chi connectivity index (χ2v) is 12.8. The first-order chi connectivity index (χ1) is 17.4. The van der Waals surface area contributed by atoms with Crippen molar-refractivity contribution in [3.05, 3.63) is 69.6 Å². The number of hydrogen-bond acceptors (Lipinski definition) is 6. The van der Waals surface area contributed by atoms with E-state index in [1.54, 1.807) is 44.7 Å². The number of halogens is 1. The summed E-state index contributed by atoms with van der Waals surface area (Å²) in [6.07, 6.45) is 1.76. The van der Waals surface area contributed by atoms with E-state index in [1.165, 1.54) is 17.0 Å². The molecule has 198 valence electrons. The molecule has 0 spiro atoms. The summed E-state index contributed by atoms with van der Waals surface area (Å²) in [7, 11) is -2.19. The lowest BCUT2D eigenvalue weighted by molar-refractivity contribution is 0.0217. The molecule has 0 radical (unpaired) electrons. The minimum Gasteiger partial charge on any atom is -0.497 e. The number of hydrogen-bond donors (Lipinski definition) is 0. The highest BCUT2D eigenvalue weighted by Crippen LogP contribution is 2.32. The van der Waals surface area contributed by atoms with Crippen molar-refractivity contribution in [1.82, 2.24) is 9.47 Å². The number of nitrogens with zero attached hydrogens (tertiary/aromatic N) is 2. The van der Waals surface area contributed by atoms with E-state index in [0.717, 1.165) is 11.3 Å². The van der Waals surface area contributed by atoms with Crippen LogP contribution in [0.2, 0.25) is 5.02 Å². The second-order valence-electron chi connectivity index (χ2n) is 10.2. The number of carbonyl (C=O) groups is 1. The van der Waals surface area contributed by atoms with Crippen molar-refractivity contribution >= 4 is 38.3 Å². The van der Waals surface area contributed by atoms with Gasteiger partial charge in [0.05, 0.1) is 28.8 Å². The molecule has 8 nitrogen and oxygen atoms in total. The Labute approximate surface area is 221 Å². The van der Waals surface area contributed by atoms with Crippen molar-refractivity contribution in [2.75, 3.05) is 20.2 Å². The molecule has 0 unspecified atom stereocenters. The predicted octanol–water partition coefficient (Wildman–Crippen LogP) is 4.89. The van der Waals surface area contributed by atoms with Crippen molar-refractivity contribution in [3.8, 4) is 5.75 Å². The zero-order chi connectivity index (χ0) is 27.0. The predicted molar refractivity (Wildman–Crippen MR) is 143 cm³/mol. The molecular formula is C27H31ClN2O6S. The Kier molecular flexibility index (Phi) is 7.57. The van der Waals surface area contributed by atoms with Crippen molar-refractivity contribution in [3.63, 3.8) is 0 Å². The summed E-state index contributed by atoms with van der Waals surface area (Å²) < 4.78 is 39.1. The molecule has 1 fully saturated rings. The molecule has 0 atom stereocenters. The Hall–Kier alpha value is -3.04. The molecular weight excluding hydrogens is 516 g/mol. The molecule has 0 aliphatic carbocycles. The first-order valence-electron chi connectivity index (χ1n) is 12.1. The molecule has 4 rings (SSSR count). The van der Waals surface area contributed by atoms with Crippen LogP contribution in [-0.2, 0) is 21.1 Å². The van der Waals surface area contributed by atoms with E-state index < -0.39 is 26.8 Å². The van der Waals surface area contributed by atoms with Gasteiger partial charge in [-0.1, -0.05) is 23.7 Å². The molecule has 1 saturated heterocycles. The number of ether oxygens (including phenoxy) is 2. The van der Waals surface area contributed by atoms with Gasteiger partial charge >= 0.3 is 6.09 Å². The number of sulfone groups is 1. The maximum atomic E-state index is 13.5. The molecule has 1 aromatic heterocycles. The summed E-state index contributed by atoms with van der Waals surface area (Å²) in [4.78, 5) is 27.0. The molecule has 1 aliphatic rings. The van der Waals surface area contributed by atoms with Gasteiger partial charge in [-0.15, -0.1) is 0 Å². The summed E-state index contributed by atoms with van der Waals surface area (Å²) in [5, 5.41) is 0.183. The summed E-state index contributed by atoms with van der Waals surface area (Å²) >= 11 is 6.45. The average Bonchev–Trinajstić information content (AvgIpc) is 2.85. The van der Waals surface area contributed by atoms with Crippen LogP contribution in [0.15, 0.2) is 58.4 Å². The number of likely N-dealkylation sites (tertiary alicyclic amines) is 1. The minimum atomic E-state index is -3.78. The first kappa shape index (κ1) is 27.0. The molecule has 0 saturated carbocycles. The van der Waals surface area contributed by atoms with Crippen molar-refractivity contribution in [2.24, 2.45) is 0 Å². The van der Waals surface area contributed by atoms with E-state index in [-0.39, 0.29) is 41.4 Å². The monoisotopic (exact) mass is 546 g/mol. The van der Waals surface area contributed by atoms with Crippen LogP contribution in [0.3, 0.4) is 0 Å². The van der Waals surface area contributed by atoms with Crippen molar-refractivity contribution < 1.29 is 22.7 Å². The molecule has 0 bridgehead atoms. The molecule has 3 aromatic rings. The van der Waals surface area contributed by atoms with E-state index in [1.807, 2.05) is 24.3 Å². The highest BCUT2D eigenvalue weighted by atomic mass is 35.5. The lowest BCUT2D eigenvalue weighted by atomic mass is 10.1. The van der Waals surface area contributed by atoms with Crippen molar-refractivity contribution in [1.29, 1.82) is 0 Å². The van der Waals surface area contributed by atoms with E-state index in [0.29, 0.717) is 17.3 Å². The van der Waals surface area contributed by atoms with Crippen LogP contribution in [0, 0.1) is 0 Å². The molecule has 0 N–H and O–H groups in total. The van der Waals surface area contributed by atoms with Gasteiger partial charge < -0.3 is 18.9 Å². The molecule has 2 heterocycles. The fraction of sp³-hybridized carbons (Fsp3) is 0.407. The van der Waals surface area contributed by atoms with Crippen LogP contribution >= 0.6 is 11.6 Å². The molecule has 1 amide bonds. The van der Waals surface area contributed by atoms with Crippen molar-refractivity contribution in [2.45, 2.75) is 55.9 Å². The van der Waals surface area contributed by atoms with Crippen LogP contribution in [0.5, 0.6) is 5.75 Å². The lowest BCUT2D eigenvalue weighted by Crippen LogP contribution is -2.44. The molecule has 1 aliphatic heterocycles. The fourth-order valence-corrected chi connectivity index (χ4v) is 6.71. The molecule has 2 aromatic carbocycles. The number of pyridine rings is 1. The Morgan fingerprint density at radius 3 is 2.32 bits per heavy atom. The van der Waals surface area contributed by atoms with Gasteiger partial charge in [-0.25, -0.2) is 13.2 Å². The Morgan fingerprint density at radius 1 is 1.08 bits per heavy atom. The lowest BCUT2D eigenvalue weighted by Gasteiger charge is -2.33. The summed E-state index contributed by atoms with van der Waals surface area (Å²) in [6.45, 7) is 6.28.